The second kappa shape index (κ2) is 4.79. The molecule has 0 aliphatic carbocycles. The Balaban J connectivity index is 2.25. The lowest BCUT2D eigenvalue weighted by atomic mass is 10.1. The largest absolute Gasteiger partial charge is 0.365 e. The van der Waals surface area contributed by atoms with E-state index in [-0.39, 0.29) is 5.54 Å². The second-order valence-electron chi connectivity index (χ2n) is 5.74. The zero-order valence-electron chi connectivity index (χ0n) is 11.6. The number of nitrogens with one attached hydrogen (secondary N) is 1. The average molecular weight is 306 g/mol. The number of rotatable bonds is 2. The molecule has 5 heteroatoms. The summed E-state index contributed by atoms with van der Waals surface area (Å²) >= 11 is 7.81. The number of hydrogen-bond acceptors (Lipinski definition) is 3. The summed E-state index contributed by atoms with van der Waals surface area (Å²) in [5.41, 5.74) is 1.81. The third kappa shape index (κ3) is 2.53. The highest BCUT2D eigenvalue weighted by Gasteiger charge is 2.19. The molecule has 0 atom stereocenters. The Hall–Kier alpha value is -1.52. The fraction of sp³-hybridized carbons (Fsp3) is 0.267. The van der Waals surface area contributed by atoms with Crippen molar-refractivity contribution in [2.24, 2.45) is 0 Å². The van der Waals surface area contributed by atoms with Crippen LogP contribution in [-0.4, -0.2) is 14.9 Å². The van der Waals surface area contributed by atoms with Gasteiger partial charge in [-0.25, -0.2) is 4.98 Å². The highest BCUT2D eigenvalue weighted by atomic mass is 35.5. The lowest BCUT2D eigenvalue weighted by molar-refractivity contribution is 0.630. The van der Waals surface area contributed by atoms with Gasteiger partial charge >= 0.3 is 0 Å². The summed E-state index contributed by atoms with van der Waals surface area (Å²) < 4.78 is 2.02. The van der Waals surface area contributed by atoms with Gasteiger partial charge in [0.15, 0.2) is 0 Å². The predicted octanol–water partition coefficient (Wildman–Crippen LogP) is 4.93. The van der Waals surface area contributed by atoms with Crippen LogP contribution in [0.25, 0.3) is 16.2 Å². The van der Waals surface area contributed by atoms with Crippen molar-refractivity contribution in [3.05, 3.63) is 40.9 Å². The molecule has 0 aromatic carbocycles. The Morgan fingerprint density at radius 1 is 1.25 bits per heavy atom. The van der Waals surface area contributed by atoms with Crippen molar-refractivity contribution in [1.29, 1.82) is 0 Å². The SMILES string of the molecule is CC(C)(C)Nc1c(-c2cccs2)nc2ccc(Cl)cn12. The molecule has 0 spiro atoms. The number of imidazole rings is 1. The van der Waals surface area contributed by atoms with Crippen molar-refractivity contribution in [3.63, 3.8) is 0 Å². The highest BCUT2D eigenvalue weighted by molar-refractivity contribution is 7.13. The average Bonchev–Trinajstić information content (AvgIpc) is 2.96. The number of fused-ring (bicyclic) bond motifs is 1. The number of nitrogens with zero attached hydrogens (tertiary/aromatic N) is 2. The Morgan fingerprint density at radius 3 is 2.70 bits per heavy atom. The van der Waals surface area contributed by atoms with Crippen molar-refractivity contribution < 1.29 is 0 Å². The van der Waals surface area contributed by atoms with Crippen molar-refractivity contribution in [2.45, 2.75) is 26.3 Å². The Kier molecular flexibility index (Phi) is 3.22. The number of halogens is 1. The first-order valence-corrected chi connectivity index (χ1v) is 7.69. The zero-order valence-corrected chi connectivity index (χ0v) is 13.2. The maximum absolute atomic E-state index is 6.12. The molecule has 1 N–H and O–H groups in total. The van der Waals surface area contributed by atoms with Crippen LogP contribution in [0.15, 0.2) is 35.8 Å². The molecule has 0 saturated carbocycles. The molecule has 104 valence electrons. The van der Waals surface area contributed by atoms with E-state index in [0.717, 1.165) is 22.0 Å². The van der Waals surface area contributed by atoms with Crippen LogP contribution in [0.2, 0.25) is 5.02 Å². The van der Waals surface area contributed by atoms with Gasteiger partial charge in [0.25, 0.3) is 0 Å². The van der Waals surface area contributed by atoms with Gasteiger partial charge < -0.3 is 5.32 Å². The minimum Gasteiger partial charge on any atom is -0.365 e. The van der Waals surface area contributed by atoms with E-state index >= 15 is 0 Å². The van der Waals surface area contributed by atoms with Gasteiger partial charge in [0, 0.05) is 11.7 Å². The van der Waals surface area contributed by atoms with E-state index in [1.165, 1.54) is 0 Å². The summed E-state index contributed by atoms with van der Waals surface area (Å²) in [5, 5.41) is 6.30. The Morgan fingerprint density at radius 2 is 2.05 bits per heavy atom. The molecule has 3 nitrogen and oxygen atoms in total. The molecule has 0 radical (unpaired) electrons. The molecule has 20 heavy (non-hydrogen) atoms. The fourth-order valence-electron chi connectivity index (χ4n) is 2.08. The molecule has 0 bridgehead atoms. The molecule has 3 aromatic heterocycles. The first-order chi connectivity index (χ1) is 9.44. The smallest absolute Gasteiger partial charge is 0.140 e. The standard InChI is InChI=1S/C15H16ClN3S/c1-15(2,3)18-14-13(11-5-4-8-20-11)17-12-7-6-10(16)9-19(12)14/h4-9,18H,1-3H3. The van der Waals surface area contributed by atoms with Gasteiger partial charge in [-0.15, -0.1) is 11.3 Å². The van der Waals surface area contributed by atoms with Gasteiger partial charge in [0.1, 0.15) is 17.2 Å². The zero-order chi connectivity index (χ0) is 14.3. The van der Waals surface area contributed by atoms with Crippen LogP contribution < -0.4 is 5.32 Å². The number of hydrogen-bond donors (Lipinski definition) is 1. The van der Waals surface area contributed by atoms with Crippen LogP contribution in [0.1, 0.15) is 20.8 Å². The van der Waals surface area contributed by atoms with Crippen LogP contribution in [0.3, 0.4) is 0 Å². The first-order valence-electron chi connectivity index (χ1n) is 6.44. The van der Waals surface area contributed by atoms with Crippen LogP contribution in [0.5, 0.6) is 0 Å². The van der Waals surface area contributed by atoms with E-state index in [0.29, 0.717) is 5.02 Å². The Labute approximate surface area is 127 Å². The van der Waals surface area contributed by atoms with Gasteiger partial charge in [-0.2, -0.15) is 0 Å². The van der Waals surface area contributed by atoms with Gasteiger partial charge in [0.2, 0.25) is 0 Å². The van der Waals surface area contributed by atoms with Crippen LogP contribution in [0.4, 0.5) is 5.82 Å². The van der Waals surface area contributed by atoms with Crippen molar-refractivity contribution in [2.75, 3.05) is 5.32 Å². The molecule has 0 amide bonds. The van der Waals surface area contributed by atoms with Crippen molar-refractivity contribution >= 4 is 34.4 Å². The summed E-state index contributed by atoms with van der Waals surface area (Å²) in [6.45, 7) is 6.40. The molecule has 3 aromatic rings. The van der Waals surface area contributed by atoms with E-state index in [1.54, 1.807) is 11.3 Å². The summed E-state index contributed by atoms with van der Waals surface area (Å²) in [4.78, 5) is 5.88. The third-order valence-corrected chi connectivity index (χ3v) is 3.93. The summed E-state index contributed by atoms with van der Waals surface area (Å²) in [6, 6.07) is 7.93. The molecule has 0 unspecified atom stereocenters. The molecule has 0 fully saturated rings. The number of anilines is 1. The summed E-state index contributed by atoms with van der Waals surface area (Å²) in [5.74, 6) is 0.984. The topological polar surface area (TPSA) is 29.3 Å². The van der Waals surface area contributed by atoms with Crippen LogP contribution in [0, 0.1) is 0 Å². The lowest BCUT2D eigenvalue weighted by Crippen LogP contribution is -2.27. The normalized spacial score (nSPS) is 12.0. The number of aromatic nitrogens is 2. The quantitative estimate of drug-likeness (QED) is 0.727. The second-order valence-corrected chi connectivity index (χ2v) is 7.12. The number of pyridine rings is 1. The minimum atomic E-state index is -0.0513. The van der Waals surface area contributed by atoms with Gasteiger partial charge in [0.05, 0.1) is 9.90 Å². The fourth-order valence-corrected chi connectivity index (χ4v) is 2.95. The first kappa shape index (κ1) is 13.5. The van der Waals surface area contributed by atoms with Gasteiger partial charge in [-0.3, -0.25) is 4.40 Å². The lowest BCUT2D eigenvalue weighted by Gasteiger charge is -2.22. The summed E-state index contributed by atoms with van der Waals surface area (Å²) in [6.07, 6.45) is 1.90. The molecule has 0 aliphatic rings. The van der Waals surface area contributed by atoms with E-state index in [2.05, 4.69) is 37.5 Å². The molecular weight excluding hydrogens is 290 g/mol. The van der Waals surface area contributed by atoms with Gasteiger partial charge in [-0.05, 0) is 44.4 Å². The van der Waals surface area contributed by atoms with Gasteiger partial charge in [-0.1, -0.05) is 17.7 Å². The van der Waals surface area contributed by atoms with E-state index in [1.807, 2.05) is 28.8 Å². The van der Waals surface area contributed by atoms with E-state index < -0.39 is 0 Å². The number of thiophene rings is 1. The van der Waals surface area contributed by atoms with Crippen LogP contribution >= 0.6 is 22.9 Å². The molecule has 3 rings (SSSR count). The molecule has 0 saturated heterocycles. The maximum Gasteiger partial charge on any atom is 0.140 e. The highest BCUT2D eigenvalue weighted by Crippen LogP contribution is 2.33. The third-order valence-electron chi connectivity index (χ3n) is 2.83. The monoisotopic (exact) mass is 305 g/mol. The Bertz CT molecular complexity index is 738. The van der Waals surface area contributed by atoms with E-state index in [4.69, 9.17) is 16.6 Å². The van der Waals surface area contributed by atoms with Crippen molar-refractivity contribution in [3.8, 4) is 10.6 Å². The summed E-state index contributed by atoms with van der Waals surface area (Å²) in [7, 11) is 0. The molecular formula is C15H16ClN3S. The van der Waals surface area contributed by atoms with Crippen molar-refractivity contribution in [1.82, 2.24) is 9.38 Å². The van der Waals surface area contributed by atoms with E-state index in [9.17, 15) is 0 Å². The minimum absolute atomic E-state index is 0.0513. The predicted molar refractivity (Wildman–Crippen MR) is 86.9 cm³/mol. The van der Waals surface area contributed by atoms with Crippen LogP contribution in [-0.2, 0) is 0 Å². The molecule has 0 aliphatic heterocycles. The molecule has 3 heterocycles. The maximum atomic E-state index is 6.12.